The molecule has 0 radical (unpaired) electrons. The molecule has 0 aliphatic heterocycles. The molecule has 1 N–H and O–H groups in total. The van der Waals surface area contributed by atoms with Gasteiger partial charge in [-0.05, 0) is 25.0 Å². The summed E-state index contributed by atoms with van der Waals surface area (Å²) in [4.78, 5) is 2.28. The van der Waals surface area contributed by atoms with Crippen molar-refractivity contribution in [3.63, 3.8) is 0 Å². The van der Waals surface area contributed by atoms with Crippen molar-refractivity contribution < 1.29 is 5.11 Å². The second kappa shape index (κ2) is 6.69. The molecule has 106 valence electrons. The van der Waals surface area contributed by atoms with Gasteiger partial charge in [0, 0.05) is 19.6 Å². The standard InChI is InChI=1S/C18H23NO/c1-18(2,20)15-19(13-16-9-5-3-6-10-16)14-17-11-7-4-8-12-17/h3-12,20H,13-15H2,1-2H3. The van der Waals surface area contributed by atoms with Crippen LogP contribution in [-0.2, 0) is 13.1 Å². The Balaban J connectivity index is 2.08. The minimum absolute atomic E-state index is 0.650. The number of aliphatic hydroxyl groups is 1. The predicted octanol–water partition coefficient (Wildman–Crippen LogP) is 3.46. The van der Waals surface area contributed by atoms with E-state index in [-0.39, 0.29) is 0 Å². The summed E-state index contributed by atoms with van der Waals surface area (Å²) in [6, 6.07) is 20.8. The first-order valence-corrected chi connectivity index (χ1v) is 7.05. The van der Waals surface area contributed by atoms with E-state index >= 15 is 0 Å². The van der Waals surface area contributed by atoms with Gasteiger partial charge in [-0.15, -0.1) is 0 Å². The molecule has 0 atom stereocenters. The molecular formula is C18H23NO. The summed E-state index contributed by atoms with van der Waals surface area (Å²) >= 11 is 0. The maximum absolute atomic E-state index is 10.1. The predicted molar refractivity (Wildman–Crippen MR) is 83.3 cm³/mol. The monoisotopic (exact) mass is 269 g/mol. The topological polar surface area (TPSA) is 23.5 Å². The van der Waals surface area contributed by atoms with Gasteiger partial charge in [-0.3, -0.25) is 4.90 Å². The van der Waals surface area contributed by atoms with Gasteiger partial charge in [0.05, 0.1) is 5.60 Å². The molecule has 0 saturated carbocycles. The van der Waals surface area contributed by atoms with E-state index in [0.717, 1.165) is 13.1 Å². The Hall–Kier alpha value is -1.64. The number of benzene rings is 2. The fraction of sp³-hybridized carbons (Fsp3) is 0.333. The molecule has 0 aromatic heterocycles. The lowest BCUT2D eigenvalue weighted by Gasteiger charge is -2.29. The number of rotatable bonds is 6. The van der Waals surface area contributed by atoms with Crippen LogP contribution in [0.5, 0.6) is 0 Å². The van der Waals surface area contributed by atoms with Crippen LogP contribution in [0.1, 0.15) is 25.0 Å². The van der Waals surface area contributed by atoms with E-state index in [9.17, 15) is 5.11 Å². The van der Waals surface area contributed by atoms with Crippen LogP contribution in [0.15, 0.2) is 60.7 Å². The normalized spacial score (nSPS) is 11.8. The third-order valence-corrected chi connectivity index (χ3v) is 3.11. The highest BCUT2D eigenvalue weighted by Gasteiger charge is 2.18. The van der Waals surface area contributed by atoms with Gasteiger partial charge in [-0.25, -0.2) is 0 Å². The summed E-state index contributed by atoms with van der Waals surface area (Å²) in [6.45, 7) is 6.06. The molecule has 0 aliphatic rings. The SMILES string of the molecule is CC(C)(O)CN(Cc1ccccc1)Cc1ccccc1. The molecule has 0 spiro atoms. The van der Waals surface area contributed by atoms with E-state index in [2.05, 4.69) is 53.4 Å². The van der Waals surface area contributed by atoms with Crippen molar-refractivity contribution in [1.82, 2.24) is 4.90 Å². The Morgan fingerprint density at radius 1 is 0.800 bits per heavy atom. The van der Waals surface area contributed by atoms with Crippen molar-refractivity contribution in [2.24, 2.45) is 0 Å². The molecule has 0 fully saturated rings. The minimum Gasteiger partial charge on any atom is -0.389 e. The van der Waals surface area contributed by atoms with Crippen LogP contribution in [0.3, 0.4) is 0 Å². The molecule has 2 rings (SSSR count). The summed E-state index contributed by atoms with van der Waals surface area (Å²) in [5, 5.41) is 10.1. The Bertz CT molecular complexity index is 460. The first kappa shape index (κ1) is 14.8. The lowest BCUT2D eigenvalue weighted by Crippen LogP contribution is -2.37. The van der Waals surface area contributed by atoms with Crippen LogP contribution in [0.4, 0.5) is 0 Å². The number of nitrogens with zero attached hydrogens (tertiary/aromatic N) is 1. The van der Waals surface area contributed by atoms with E-state index in [4.69, 9.17) is 0 Å². The lowest BCUT2D eigenvalue weighted by atomic mass is 10.1. The Morgan fingerprint density at radius 3 is 1.55 bits per heavy atom. The van der Waals surface area contributed by atoms with Crippen molar-refractivity contribution >= 4 is 0 Å². The Labute approximate surface area is 121 Å². The zero-order valence-electron chi connectivity index (χ0n) is 12.3. The molecule has 0 amide bonds. The molecule has 0 saturated heterocycles. The fourth-order valence-electron chi connectivity index (χ4n) is 2.40. The minimum atomic E-state index is -0.691. The van der Waals surface area contributed by atoms with E-state index in [1.165, 1.54) is 11.1 Å². The summed E-state index contributed by atoms with van der Waals surface area (Å²) < 4.78 is 0. The molecule has 2 aromatic carbocycles. The van der Waals surface area contributed by atoms with Crippen LogP contribution in [0.2, 0.25) is 0 Å². The lowest BCUT2D eigenvalue weighted by molar-refractivity contribution is 0.0307. The summed E-state index contributed by atoms with van der Waals surface area (Å²) in [5.74, 6) is 0. The highest BCUT2D eigenvalue weighted by Crippen LogP contribution is 2.14. The van der Waals surface area contributed by atoms with Crippen LogP contribution in [0.25, 0.3) is 0 Å². The molecule has 0 unspecified atom stereocenters. The molecule has 0 aliphatic carbocycles. The largest absolute Gasteiger partial charge is 0.389 e. The van der Waals surface area contributed by atoms with Gasteiger partial charge in [0.25, 0.3) is 0 Å². The molecule has 20 heavy (non-hydrogen) atoms. The molecule has 0 bridgehead atoms. The van der Waals surface area contributed by atoms with E-state index in [0.29, 0.717) is 6.54 Å². The van der Waals surface area contributed by atoms with Gasteiger partial charge in [0.2, 0.25) is 0 Å². The van der Waals surface area contributed by atoms with Crippen molar-refractivity contribution in [3.8, 4) is 0 Å². The second-order valence-corrected chi connectivity index (χ2v) is 5.93. The summed E-state index contributed by atoms with van der Waals surface area (Å²) in [7, 11) is 0. The van der Waals surface area contributed by atoms with Crippen LogP contribution < -0.4 is 0 Å². The third-order valence-electron chi connectivity index (χ3n) is 3.11. The zero-order valence-corrected chi connectivity index (χ0v) is 12.3. The fourth-order valence-corrected chi connectivity index (χ4v) is 2.40. The summed E-state index contributed by atoms with van der Waals surface area (Å²) in [6.07, 6.45) is 0. The van der Waals surface area contributed by atoms with E-state index in [1.807, 2.05) is 26.0 Å². The van der Waals surface area contributed by atoms with Gasteiger partial charge >= 0.3 is 0 Å². The maximum atomic E-state index is 10.1. The van der Waals surface area contributed by atoms with Crippen LogP contribution in [0, 0.1) is 0 Å². The third kappa shape index (κ3) is 5.16. The Kier molecular flexibility index (Phi) is 4.94. The first-order chi connectivity index (χ1) is 9.53. The van der Waals surface area contributed by atoms with Crippen molar-refractivity contribution in [2.75, 3.05) is 6.54 Å². The van der Waals surface area contributed by atoms with Crippen molar-refractivity contribution in [1.29, 1.82) is 0 Å². The van der Waals surface area contributed by atoms with Gasteiger partial charge in [0.15, 0.2) is 0 Å². The average molecular weight is 269 g/mol. The second-order valence-electron chi connectivity index (χ2n) is 5.93. The van der Waals surface area contributed by atoms with Gasteiger partial charge in [-0.2, -0.15) is 0 Å². The van der Waals surface area contributed by atoms with E-state index in [1.54, 1.807) is 0 Å². The van der Waals surface area contributed by atoms with Crippen molar-refractivity contribution in [3.05, 3.63) is 71.8 Å². The van der Waals surface area contributed by atoms with Crippen molar-refractivity contribution in [2.45, 2.75) is 32.5 Å². The smallest absolute Gasteiger partial charge is 0.0718 e. The molecular weight excluding hydrogens is 246 g/mol. The molecule has 0 heterocycles. The first-order valence-electron chi connectivity index (χ1n) is 7.05. The molecule has 2 aromatic rings. The quantitative estimate of drug-likeness (QED) is 0.868. The summed E-state index contributed by atoms with van der Waals surface area (Å²) in [5.41, 5.74) is 1.85. The highest BCUT2D eigenvalue weighted by atomic mass is 16.3. The van der Waals surface area contributed by atoms with E-state index < -0.39 is 5.60 Å². The van der Waals surface area contributed by atoms with Crippen LogP contribution in [-0.4, -0.2) is 22.2 Å². The van der Waals surface area contributed by atoms with Gasteiger partial charge < -0.3 is 5.11 Å². The average Bonchev–Trinajstić information content (AvgIpc) is 2.39. The molecule has 2 nitrogen and oxygen atoms in total. The zero-order chi connectivity index (χ0) is 14.4. The van der Waals surface area contributed by atoms with Crippen LogP contribution >= 0.6 is 0 Å². The molecule has 2 heteroatoms. The Morgan fingerprint density at radius 2 is 1.20 bits per heavy atom. The highest BCUT2D eigenvalue weighted by molar-refractivity contribution is 5.17. The number of hydrogen-bond donors (Lipinski definition) is 1. The van der Waals surface area contributed by atoms with Gasteiger partial charge in [-0.1, -0.05) is 60.7 Å². The maximum Gasteiger partial charge on any atom is 0.0718 e. The number of hydrogen-bond acceptors (Lipinski definition) is 2. The van der Waals surface area contributed by atoms with Gasteiger partial charge in [0.1, 0.15) is 0 Å².